The maximum Gasteiger partial charge on any atom is 0.265 e. The summed E-state index contributed by atoms with van der Waals surface area (Å²) in [5, 5.41) is 0. The number of hydrogen-bond donors (Lipinski definition) is 1. The van der Waals surface area contributed by atoms with E-state index in [0.29, 0.717) is 18.0 Å². The number of ether oxygens (including phenoxy) is 1. The first-order chi connectivity index (χ1) is 9.67. The van der Waals surface area contributed by atoms with Gasteiger partial charge in [0.25, 0.3) is 5.91 Å². The first-order valence-electron chi connectivity index (χ1n) is 6.57. The Balaban J connectivity index is 1.92. The summed E-state index contributed by atoms with van der Waals surface area (Å²) in [5.41, 5.74) is 7.21. The summed E-state index contributed by atoms with van der Waals surface area (Å²) < 4.78 is 5.44. The normalized spacial score (nSPS) is 14.1. The lowest BCUT2D eigenvalue weighted by Gasteiger charge is -2.29. The zero-order valence-electron chi connectivity index (χ0n) is 11.3. The molecule has 0 unspecified atom stereocenters. The Morgan fingerprint density at radius 3 is 2.85 bits per heavy atom. The molecule has 5 heteroatoms. The molecule has 4 nitrogen and oxygen atoms in total. The number of nitrogens with two attached hydrogens (primary N) is 1. The van der Waals surface area contributed by atoms with Gasteiger partial charge in [0.1, 0.15) is 5.75 Å². The number of thiophene rings is 1. The number of amides is 1. The van der Waals surface area contributed by atoms with Crippen LogP contribution < -0.4 is 15.4 Å². The molecule has 1 aromatic heterocycles. The molecule has 0 saturated carbocycles. The lowest BCUT2D eigenvalue weighted by Crippen LogP contribution is -2.38. The summed E-state index contributed by atoms with van der Waals surface area (Å²) in [6.45, 7) is 2.79. The topological polar surface area (TPSA) is 55.6 Å². The van der Waals surface area contributed by atoms with Gasteiger partial charge in [-0.3, -0.25) is 4.79 Å². The van der Waals surface area contributed by atoms with Crippen molar-refractivity contribution < 1.29 is 9.53 Å². The number of nitrogen functional groups attached to an aromatic ring is 1. The number of carbonyl (C=O) groups excluding carboxylic acids is 1. The van der Waals surface area contributed by atoms with Crippen molar-refractivity contribution in [3.63, 3.8) is 0 Å². The summed E-state index contributed by atoms with van der Waals surface area (Å²) in [4.78, 5) is 16.4. The molecular weight excluding hydrogens is 272 g/mol. The Morgan fingerprint density at radius 2 is 2.10 bits per heavy atom. The molecule has 104 valence electrons. The molecule has 2 heterocycles. The van der Waals surface area contributed by atoms with E-state index in [9.17, 15) is 4.79 Å². The Morgan fingerprint density at radius 1 is 1.30 bits per heavy atom. The molecule has 0 bridgehead atoms. The van der Waals surface area contributed by atoms with Gasteiger partial charge >= 0.3 is 0 Å². The van der Waals surface area contributed by atoms with Gasteiger partial charge in [-0.15, -0.1) is 11.3 Å². The number of rotatable bonds is 3. The molecule has 2 N–H and O–H groups in total. The lowest BCUT2D eigenvalue weighted by molar-refractivity contribution is -0.121. The summed E-state index contributed by atoms with van der Waals surface area (Å²) >= 11 is 1.74. The molecular formula is C15H16N2O2S. The standard InChI is InChI=1S/C15H16N2O2S/c1-2-11-4-5-12(20-11)8-17-13-7-10(16)3-6-14(13)19-9-15(17)18/h3-7H,2,8-9,16H2,1H3. The van der Waals surface area contributed by atoms with Crippen molar-refractivity contribution in [1.29, 1.82) is 0 Å². The summed E-state index contributed by atoms with van der Waals surface area (Å²) in [6, 6.07) is 9.59. The highest BCUT2D eigenvalue weighted by atomic mass is 32.1. The maximum atomic E-state index is 12.1. The molecule has 2 aromatic rings. The Labute approximate surface area is 121 Å². The Hall–Kier alpha value is -2.01. The largest absolute Gasteiger partial charge is 0.482 e. The summed E-state index contributed by atoms with van der Waals surface area (Å²) in [5.74, 6) is 0.681. The van der Waals surface area contributed by atoms with E-state index in [1.54, 1.807) is 28.4 Å². The second kappa shape index (κ2) is 5.17. The maximum absolute atomic E-state index is 12.1. The third-order valence-corrected chi connectivity index (χ3v) is 4.52. The summed E-state index contributed by atoms with van der Waals surface area (Å²) in [7, 11) is 0. The van der Waals surface area contributed by atoms with Crippen molar-refractivity contribution in [2.75, 3.05) is 17.2 Å². The average Bonchev–Trinajstić information content (AvgIpc) is 2.90. The van der Waals surface area contributed by atoms with Crippen LogP contribution in [0.2, 0.25) is 0 Å². The monoisotopic (exact) mass is 288 g/mol. The van der Waals surface area contributed by atoms with Gasteiger partial charge < -0.3 is 15.4 Å². The second-order valence-electron chi connectivity index (χ2n) is 4.72. The number of fused-ring (bicyclic) bond motifs is 1. The van der Waals surface area contributed by atoms with Crippen LogP contribution in [-0.4, -0.2) is 12.5 Å². The van der Waals surface area contributed by atoms with Gasteiger partial charge in [-0.2, -0.15) is 0 Å². The van der Waals surface area contributed by atoms with Gasteiger partial charge in [0.15, 0.2) is 6.61 Å². The smallest absolute Gasteiger partial charge is 0.265 e. The van der Waals surface area contributed by atoms with E-state index in [-0.39, 0.29) is 12.5 Å². The Bertz CT molecular complexity index is 651. The van der Waals surface area contributed by atoms with Crippen molar-refractivity contribution >= 4 is 28.6 Å². The van der Waals surface area contributed by atoms with Crippen LogP contribution in [0.25, 0.3) is 0 Å². The van der Waals surface area contributed by atoms with Gasteiger partial charge in [0.2, 0.25) is 0 Å². The van der Waals surface area contributed by atoms with Crippen molar-refractivity contribution in [1.82, 2.24) is 0 Å². The second-order valence-corrected chi connectivity index (χ2v) is 5.97. The van der Waals surface area contributed by atoms with Gasteiger partial charge in [-0.1, -0.05) is 6.92 Å². The number of hydrogen-bond acceptors (Lipinski definition) is 4. The molecule has 1 amide bonds. The first kappa shape index (κ1) is 13.0. The fraction of sp³-hybridized carbons (Fsp3) is 0.267. The third-order valence-electron chi connectivity index (χ3n) is 3.31. The molecule has 0 saturated heterocycles. The average molecular weight is 288 g/mol. The molecule has 0 aliphatic carbocycles. The minimum atomic E-state index is -0.0328. The van der Waals surface area contributed by atoms with Gasteiger partial charge in [0.05, 0.1) is 12.2 Å². The molecule has 3 rings (SSSR count). The molecule has 1 aromatic carbocycles. The van der Waals surface area contributed by atoms with Crippen LogP contribution in [0, 0.1) is 0 Å². The van der Waals surface area contributed by atoms with Crippen molar-refractivity contribution in [2.24, 2.45) is 0 Å². The molecule has 1 aliphatic heterocycles. The Kier molecular flexibility index (Phi) is 3.36. The van der Waals surface area contributed by atoms with E-state index < -0.39 is 0 Å². The molecule has 0 spiro atoms. The van der Waals surface area contributed by atoms with Gasteiger partial charge in [0, 0.05) is 15.4 Å². The number of aryl methyl sites for hydroxylation is 1. The highest BCUT2D eigenvalue weighted by molar-refractivity contribution is 7.12. The lowest BCUT2D eigenvalue weighted by atomic mass is 10.2. The van der Waals surface area contributed by atoms with Crippen LogP contribution in [-0.2, 0) is 17.8 Å². The van der Waals surface area contributed by atoms with Gasteiger partial charge in [-0.05, 0) is 36.8 Å². The first-order valence-corrected chi connectivity index (χ1v) is 7.39. The van der Waals surface area contributed by atoms with E-state index >= 15 is 0 Å². The van der Waals surface area contributed by atoms with Crippen molar-refractivity contribution in [3.05, 3.63) is 40.1 Å². The quantitative estimate of drug-likeness (QED) is 0.884. The van der Waals surface area contributed by atoms with Crippen LogP contribution in [0.5, 0.6) is 5.75 Å². The van der Waals surface area contributed by atoms with Crippen LogP contribution in [0.3, 0.4) is 0 Å². The highest BCUT2D eigenvalue weighted by Gasteiger charge is 2.26. The number of benzene rings is 1. The fourth-order valence-corrected chi connectivity index (χ4v) is 3.19. The van der Waals surface area contributed by atoms with Crippen molar-refractivity contribution in [3.8, 4) is 5.75 Å². The van der Waals surface area contributed by atoms with E-state index in [1.807, 2.05) is 6.07 Å². The van der Waals surface area contributed by atoms with Gasteiger partial charge in [-0.25, -0.2) is 0 Å². The number of nitrogens with zero attached hydrogens (tertiary/aromatic N) is 1. The van der Waals surface area contributed by atoms with E-state index in [4.69, 9.17) is 10.5 Å². The third kappa shape index (κ3) is 2.36. The molecule has 0 fully saturated rings. The number of anilines is 2. The van der Waals surface area contributed by atoms with E-state index in [0.717, 1.165) is 12.1 Å². The highest BCUT2D eigenvalue weighted by Crippen LogP contribution is 2.35. The van der Waals surface area contributed by atoms with E-state index in [2.05, 4.69) is 19.1 Å². The van der Waals surface area contributed by atoms with Crippen LogP contribution in [0.1, 0.15) is 16.7 Å². The van der Waals surface area contributed by atoms with Crippen LogP contribution in [0.15, 0.2) is 30.3 Å². The minimum absolute atomic E-state index is 0.0328. The fourth-order valence-electron chi connectivity index (χ4n) is 2.25. The zero-order chi connectivity index (χ0) is 14.1. The molecule has 0 radical (unpaired) electrons. The molecule has 1 aliphatic rings. The summed E-state index contributed by atoms with van der Waals surface area (Å²) in [6.07, 6.45) is 1.02. The number of carbonyl (C=O) groups is 1. The molecule has 20 heavy (non-hydrogen) atoms. The van der Waals surface area contributed by atoms with E-state index in [1.165, 1.54) is 9.75 Å². The molecule has 0 atom stereocenters. The predicted molar refractivity (Wildman–Crippen MR) is 81.2 cm³/mol. The zero-order valence-corrected chi connectivity index (χ0v) is 12.1. The van der Waals surface area contributed by atoms with Crippen LogP contribution in [0.4, 0.5) is 11.4 Å². The van der Waals surface area contributed by atoms with Crippen molar-refractivity contribution in [2.45, 2.75) is 19.9 Å². The van der Waals surface area contributed by atoms with Crippen LogP contribution >= 0.6 is 11.3 Å². The minimum Gasteiger partial charge on any atom is -0.482 e. The predicted octanol–water partition coefficient (Wildman–Crippen LogP) is 2.82. The SMILES string of the molecule is CCc1ccc(CN2C(=O)COc3ccc(N)cc32)s1.